The summed E-state index contributed by atoms with van der Waals surface area (Å²) in [6.45, 7) is 0.210. The van der Waals surface area contributed by atoms with Crippen LogP contribution in [0.4, 0.5) is 8.78 Å². The molecule has 0 radical (unpaired) electrons. The van der Waals surface area contributed by atoms with E-state index in [0.29, 0.717) is 6.07 Å². The van der Waals surface area contributed by atoms with Gasteiger partial charge in [0.15, 0.2) is 5.78 Å². The van der Waals surface area contributed by atoms with Crippen molar-refractivity contribution in [3.63, 3.8) is 0 Å². The van der Waals surface area contributed by atoms with Gasteiger partial charge in [-0.05, 0) is 12.1 Å². The van der Waals surface area contributed by atoms with Gasteiger partial charge in [0, 0.05) is 19.2 Å². The van der Waals surface area contributed by atoms with Crippen molar-refractivity contribution in [1.29, 1.82) is 0 Å². The van der Waals surface area contributed by atoms with E-state index in [1.54, 1.807) is 0 Å². The fourth-order valence-corrected chi connectivity index (χ4v) is 1.98. The SMILES string of the molecule is O=C(CN1CC(O)C(O)C1)c1ccc(F)cc1F. The zero-order valence-corrected chi connectivity index (χ0v) is 9.51. The third kappa shape index (κ3) is 2.72. The van der Waals surface area contributed by atoms with Crippen molar-refractivity contribution in [3.8, 4) is 0 Å². The molecular formula is C12H13F2NO3. The largest absolute Gasteiger partial charge is 0.389 e. The Kier molecular flexibility index (Phi) is 3.70. The summed E-state index contributed by atoms with van der Waals surface area (Å²) in [6, 6.07) is 2.76. The quantitative estimate of drug-likeness (QED) is 0.759. The summed E-state index contributed by atoms with van der Waals surface area (Å²) in [4.78, 5) is 13.3. The summed E-state index contributed by atoms with van der Waals surface area (Å²) in [5, 5.41) is 18.6. The predicted molar refractivity (Wildman–Crippen MR) is 59.1 cm³/mol. The van der Waals surface area contributed by atoms with Crippen LogP contribution in [0, 0.1) is 11.6 Å². The number of ketones is 1. The lowest BCUT2D eigenvalue weighted by Crippen LogP contribution is -2.29. The summed E-state index contributed by atoms with van der Waals surface area (Å²) >= 11 is 0. The first-order valence-electron chi connectivity index (χ1n) is 5.54. The summed E-state index contributed by atoms with van der Waals surface area (Å²) in [6.07, 6.45) is -1.79. The van der Waals surface area contributed by atoms with Gasteiger partial charge < -0.3 is 10.2 Å². The molecule has 1 aromatic rings. The van der Waals surface area contributed by atoms with Crippen molar-refractivity contribution < 1.29 is 23.8 Å². The van der Waals surface area contributed by atoms with Gasteiger partial charge in [-0.1, -0.05) is 0 Å². The zero-order chi connectivity index (χ0) is 13.3. The highest BCUT2D eigenvalue weighted by atomic mass is 19.1. The second-order valence-electron chi connectivity index (χ2n) is 4.38. The van der Waals surface area contributed by atoms with Gasteiger partial charge in [-0.2, -0.15) is 0 Å². The average Bonchev–Trinajstić information content (AvgIpc) is 2.57. The monoisotopic (exact) mass is 257 g/mol. The van der Waals surface area contributed by atoms with E-state index in [0.717, 1.165) is 12.1 Å². The minimum Gasteiger partial charge on any atom is -0.389 e. The first kappa shape index (κ1) is 13.1. The van der Waals surface area contributed by atoms with E-state index in [-0.39, 0.29) is 25.2 Å². The molecule has 1 heterocycles. The summed E-state index contributed by atoms with van der Waals surface area (Å²) in [5.74, 6) is -2.15. The molecule has 0 saturated carbocycles. The number of hydrogen-bond donors (Lipinski definition) is 2. The number of benzene rings is 1. The molecule has 98 valence electrons. The van der Waals surface area contributed by atoms with Gasteiger partial charge >= 0.3 is 0 Å². The fraction of sp³-hybridized carbons (Fsp3) is 0.417. The minimum absolute atomic E-state index is 0.114. The molecule has 4 nitrogen and oxygen atoms in total. The molecule has 0 aromatic heterocycles. The topological polar surface area (TPSA) is 60.8 Å². The lowest BCUT2D eigenvalue weighted by atomic mass is 10.1. The van der Waals surface area contributed by atoms with E-state index >= 15 is 0 Å². The summed E-state index contributed by atoms with van der Waals surface area (Å²) < 4.78 is 26.0. The molecule has 2 atom stereocenters. The van der Waals surface area contributed by atoms with Crippen LogP contribution in [0.3, 0.4) is 0 Å². The van der Waals surface area contributed by atoms with Crippen molar-refractivity contribution in [2.45, 2.75) is 12.2 Å². The highest BCUT2D eigenvalue weighted by Gasteiger charge is 2.31. The number of aliphatic hydroxyl groups excluding tert-OH is 2. The van der Waals surface area contributed by atoms with Crippen LogP contribution in [0.15, 0.2) is 18.2 Å². The van der Waals surface area contributed by atoms with Gasteiger partial charge in [-0.25, -0.2) is 8.78 Å². The Hall–Kier alpha value is -1.37. The van der Waals surface area contributed by atoms with Crippen LogP contribution in [0.25, 0.3) is 0 Å². The highest BCUT2D eigenvalue weighted by molar-refractivity contribution is 5.97. The lowest BCUT2D eigenvalue weighted by Gasteiger charge is -2.13. The van der Waals surface area contributed by atoms with E-state index in [1.165, 1.54) is 4.90 Å². The van der Waals surface area contributed by atoms with E-state index < -0.39 is 29.6 Å². The number of hydrogen-bond acceptors (Lipinski definition) is 4. The Morgan fingerprint density at radius 1 is 1.28 bits per heavy atom. The molecule has 1 saturated heterocycles. The maximum Gasteiger partial charge on any atom is 0.179 e. The van der Waals surface area contributed by atoms with Crippen LogP contribution in [0.5, 0.6) is 0 Å². The third-order valence-electron chi connectivity index (χ3n) is 2.93. The number of Topliss-reactive ketones (excluding diaryl/α,β-unsaturated/α-hetero) is 1. The van der Waals surface area contributed by atoms with E-state index in [1.807, 2.05) is 0 Å². The first-order valence-corrected chi connectivity index (χ1v) is 5.54. The molecule has 2 N–H and O–H groups in total. The number of aliphatic hydroxyl groups is 2. The Labute approximate surface area is 102 Å². The first-order chi connectivity index (χ1) is 8.47. The van der Waals surface area contributed by atoms with Gasteiger partial charge in [0.25, 0.3) is 0 Å². The molecular weight excluding hydrogens is 244 g/mol. The lowest BCUT2D eigenvalue weighted by molar-refractivity contribution is 0.0572. The summed E-state index contributed by atoms with van der Waals surface area (Å²) in [7, 11) is 0. The molecule has 1 aliphatic heterocycles. The molecule has 0 bridgehead atoms. The van der Waals surface area contributed by atoms with Crippen molar-refractivity contribution in [2.24, 2.45) is 0 Å². The molecule has 1 aromatic carbocycles. The second kappa shape index (κ2) is 5.09. The maximum atomic E-state index is 13.4. The Morgan fingerprint density at radius 3 is 2.44 bits per heavy atom. The zero-order valence-electron chi connectivity index (χ0n) is 9.51. The number of halogens is 2. The number of rotatable bonds is 3. The third-order valence-corrected chi connectivity index (χ3v) is 2.93. The van der Waals surface area contributed by atoms with Gasteiger partial charge in [0.05, 0.1) is 24.3 Å². The molecule has 6 heteroatoms. The number of carbonyl (C=O) groups is 1. The second-order valence-corrected chi connectivity index (χ2v) is 4.38. The molecule has 2 rings (SSSR count). The van der Waals surface area contributed by atoms with Crippen LogP contribution in [0.1, 0.15) is 10.4 Å². The van der Waals surface area contributed by atoms with E-state index in [4.69, 9.17) is 0 Å². The molecule has 2 unspecified atom stereocenters. The van der Waals surface area contributed by atoms with Crippen molar-refractivity contribution >= 4 is 5.78 Å². The number of likely N-dealkylation sites (tertiary alicyclic amines) is 1. The molecule has 18 heavy (non-hydrogen) atoms. The molecule has 0 spiro atoms. The van der Waals surface area contributed by atoms with Gasteiger partial charge in [-0.3, -0.25) is 9.69 Å². The van der Waals surface area contributed by atoms with Crippen LogP contribution in [0.2, 0.25) is 0 Å². The van der Waals surface area contributed by atoms with Crippen molar-refractivity contribution in [2.75, 3.05) is 19.6 Å². The normalized spacial score (nSPS) is 24.4. The average molecular weight is 257 g/mol. The van der Waals surface area contributed by atoms with E-state index in [9.17, 15) is 23.8 Å². The fourth-order valence-electron chi connectivity index (χ4n) is 1.98. The number of nitrogens with zero attached hydrogens (tertiary/aromatic N) is 1. The van der Waals surface area contributed by atoms with Gasteiger partial charge in [-0.15, -0.1) is 0 Å². The van der Waals surface area contributed by atoms with E-state index in [2.05, 4.69) is 0 Å². The van der Waals surface area contributed by atoms with Crippen LogP contribution >= 0.6 is 0 Å². The Balaban J connectivity index is 2.04. The van der Waals surface area contributed by atoms with Crippen LogP contribution < -0.4 is 0 Å². The van der Waals surface area contributed by atoms with Crippen LogP contribution in [-0.2, 0) is 0 Å². The van der Waals surface area contributed by atoms with Gasteiger partial charge in [0.1, 0.15) is 11.6 Å². The van der Waals surface area contributed by atoms with Crippen molar-refractivity contribution in [1.82, 2.24) is 4.90 Å². The van der Waals surface area contributed by atoms with Crippen molar-refractivity contribution in [3.05, 3.63) is 35.4 Å². The molecule has 0 aliphatic carbocycles. The smallest absolute Gasteiger partial charge is 0.179 e. The Morgan fingerprint density at radius 2 is 1.89 bits per heavy atom. The predicted octanol–water partition coefficient (Wildman–Crippen LogP) is 0.185. The van der Waals surface area contributed by atoms with Crippen LogP contribution in [-0.4, -0.2) is 52.7 Å². The maximum absolute atomic E-state index is 13.4. The standard InChI is InChI=1S/C12H13F2NO3/c13-7-1-2-8(9(14)3-7)10(16)4-15-5-11(17)12(18)6-15/h1-3,11-12,17-18H,4-6H2. The number of carbonyl (C=O) groups excluding carboxylic acids is 1. The number of β-amino-alcohol motifs (C(OH)–C–C–N with tert-alkyl or cyclic N) is 2. The molecule has 1 fully saturated rings. The molecule has 0 amide bonds. The molecule has 1 aliphatic rings. The van der Waals surface area contributed by atoms with Gasteiger partial charge in [0.2, 0.25) is 0 Å². The summed E-state index contributed by atoms with van der Waals surface area (Å²) in [5.41, 5.74) is -0.188. The minimum atomic E-state index is -0.903. The Bertz CT molecular complexity index is 457. The highest BCUT2D eigenvalue weighted by Crippen LogP contribution is 2.14.